The van der Waals surface area contributed by atoms with Gasteiger partial charge in [-0.2, -0.15) is 0 Å². The van der Waals surface area contributed by atoms with Crippen molar-refractivity contribution >= 4 is 165 Å². The van der Waals surface area contributed by atoms with Crippen LogP contribution in [0.1, 0.15) is 0 Å². The van der Waals surface area contributed by atoms with Crippen LogP contribution in [0.5, 0.6) is 0 Å². The number of rotatable bonds is 10. The number of fused-ring (bicyclic) bond motifs is 11. The summed E-state index contributed by atoms with van der Waals surface area (Å²) in [6.45, 7) is -0.306. The first-order valence-electron chi connectivity index (χ1n) is 31.9. The number of hydrogen-bond acceptors (Lipinski definition) is 7. The smallest absolute Gasteiger partial charge is 0.252 e. The number of para-hydroxylation sites is 10. The van der Waals surface area contributed by atoms with Gasteiger partial charge in [0, 0.05) is 106 Å². The Hall–Kier alpha value is -11.6. The molecule has 4 aliphatic heterocycles. The van der Waals surface area contributed by atoms with Gasteiger partial charge in [-0.05, 0) is 155 Å². The van der Waals surface area contributed by atoms with E-state index in [1.54, 1.807) is 0 Å². The minimum Gasteiger partial charge on any atom is -0.455 e. The molecule has 15 aromatic rings. The maximum Gasteiger partial charge on any atom is 0.252 e. The van der Waals surface area contributed by atoms with Crippen LogP contribution in [-0.2, 0) is 0 Å². The van der Waals surface area contributed by atoms with Gasteiger partial charge in [-0.15, -0.1) is 0 Å². The van der Waals surface area contributed by atoms with E-state index < -0.39 is 0 Å². The Kier molecular flexibility index (Phi) is 12.3. The molecule has 6 nitrogen and oxygen atoms in total. The quantitative estimate of drug-likeness (QED) is 0.126. The molecule has 0 unspecified atom stereocenters. The lowest BCUT2D eigenvalue weighted by atomic mass is 9.30. The number of nitrogens with zero attached hydrogens (tertiary/aromatic N) is 5. The van der Waals surface area contributed by atoms with Crippen LogP contribution in [0, 0.1) is 0 Å². The third-order valence-corrected chi connectivity index (χ3v) is 20.3. The summed E-state index contributed by atoms with van der Waals surface area (Å²) in [4.78, 5) is 15.0. The first kappa shape index (κ1) is 53.2. The molecule has 1 aromatic heterocycles. The predicted molar refractivity (Wildman–Crippen MR) is 392 cm³/mol. The Bertz CT molecular complexity index is 5350. The molecule has 9 heteroatoms. The molecule has 0 spiro atoms. The summed E-state index contributed by atoms with van der Waals surface area (Å²) < 4.78 is 6.98. The van der Waals surface area contributed by atoms with Gasteiger partial charge in [0.15, 0.2) is 0 Å². The molecular formula is C84H55B2N5OS. The van der Waals surface area contributed by atoms with Crippen molar-refractivity contribution in [3.05, 3.63) is 334 Å². The lowest BCUT2D eigenvalue weighted by Crippen LogP contribution is -2.64. The molecule has 0 saturated heterocycles. The molecule has 14 aromatic carbocycles. The third kappa shape index (κ3) is 8.40. The highest BCUT2D eigenvalue weighted by molar-refractivity contribution is 8.00. The maximum absolute atomic E-state index is 6.98. The second-order valence-electron chi connectivity index (χ2n) is 24.3. The number of anilines is 15. The molecule has 0 atom stereocenters. The summed E-state index contributed by atoms with van der Waals surface area (Å²) in [6.07, 6.45) is 0. The van der Waals surface area contributed by atoms with Crippen molar-refractivity contribution in [2.24, 2.45) is 0 Å². The molecule has 0 bridgehead atoms. The first-order valence-corrected chi connectivity index (χ1v) is 32.7. The lowest BCUT2D eigenvalue weighted by Gasteiger charge is -2.47. The van der Waals surface area contributed by atoms with Gasteiger partial charge in [-0.25, -0.2) is 0 Å². The summed E-state index contributed by atoms with van der Waals surface area (Å²) in [5.41, 5.74) is 27.8. The van der Waals surface area contributed by atoms with Crippen LogP contribution in [0.2, 0.25) is 0 Å². The number of benzene rings is 14. The fourth-order valence-corrected chi connectivity index (χ4v) is 16.6. The van der Waals surface area contributed by atoms with Gasteiger partial charge in [0.25, 0.3) is 6.71 Å². The van der Waals surface area contributed by atoms with Crippen LogP contribution in [0.25, 0.3) is 33.1 Å². The Morgan fingerprint density at radius 2 is 0.710 bits per heavy atom. The molecule has 4 aliphatic rings. The Morgan fingerprint density at radius 3 is 1.32 bits per heavy atom. The molecule has 0 amide bonds. The Balaban J connectivity index is 0.942. The van der Waals surface area contributed by atoms with Crippen molar-refractivity contribution in [1.29, 1.82) is 0 Å². The zero-order valence-corrected chi connectivity index (χ0v) is 51.3. The van der Waals surface area contributed by atoms with E-state index in [1.807, 2.05) is 11.8 Å². The molecule has 19 rings (SSSR count). The van der Waals surface area contributed by atoms with E-state index in [-0.39, 0.29) is 13.4 Å². The fourth-order valence-electron chi connectivity index (χ4n) is 15.4. The number of furan rings is 1. The fraction of sp³-hybridized carbons (Fsp3) is 0. The van der Waals surface area contributed by atoms with Crippen molar-refractivity contribution in [3.63, 3.8) is 0 Å². The normalized spacial score (nSPS) is 13.0. The van der Waals surface area contributed by atoms with Crippen molar-refractivity contribution in [3.8, 4) is 11.1 Å². The monoisotopic (exact) mass is 1200 g/mol. The SMILES string of the molecule is c1ccc(N(c2ccccc2)c2cc3c4c(c2)N(c2ccccc2-c2cccc5c2oc2ccccc25)c2cc5c(cc2B4c2ccccc2S3)B2c3ccccc3N(c3ccccc3)c3cc(N(c4ccccc4)c4ccccc4)cc(c32)N5c2ccccc2)cc1. The second-order valence-corrected chi connectivity index (χ2v) is 25.4. The van der Waals surface area contributed by atoms with Crippen molar-refractivity contribution in [1.82, 2.24) is 0 Å². The molecule has 0 radical (unpaired) electrons. The predicted octanol–water partition coefficient (Wildman–Crippen LogP) is 19.0. The first-order chi connectivity index (χ1) is 46.2. The molecule has 0 fully saturated rings. The van der Waals surface area contributed by atoms with E-state index in [4.69, 9.17) is 4.42 Å². The minimum absolute atomic E-state index is 0.135. The average Bonchev–Trinajstić information content (AvgIpc) is 1.09. The number of hydrogen-bond donors (Lipinski definition) is 0. The minimum atomic E-state index is -0.171. The Morgan fingerprint density at radius 1 is 0.269 bits per heavy atom. The van der Waals surface area contributed by atoms with Gasteiger partial charge in [-0.1, -0.05) is 223 Å². The van der Waals surface area contributed by atoms with Crippen LogP contribution in [0.4, 0.5) is 85.3 Å². The van der Waals surface area contributed by atoms with Crippen LogP contribution in [0.15, 0.2) is 348 Å². The van der Waals surface area contributed by atoms with E-state index in [0.29, 0.717) is 0 Å². The molecule has 0 N–H and O–H groups in total. The summed E-state index contributed by atoms with van der Waals surface area (Å²) in [7, 11) is 0. The highest BCUT2D eigenvalue weighted by Gasteiger charge is 2.48. The zero-order valence-electron chi connectivity index (χ0n) is 50.5. The second kappa shape index (κ2) is 21.5. The van der Waals surface area contributed by atoms with Crippen LogP contribution in [-0.4, -0.2) is 13.4 Å². The third-order valence-electron chi connectivity index (χ3n) is 19.2. The van der Waals surface area contributed by atoms with E-state index in [2.05, 4.69) is 358 Å². The van der Waals surface area contributed by atoms with Crippen LogP contribution in [0.3, 0.4) is 0 Å². The standard InChI is InChI=1S/C84H55B2N5OS/c1-7-28-56(29-8-1)87(57-30-9-2-10-31-57)62-50-76-82-77(51-62)90(61-38-17-6-18-39-61)74-55-75-71(54-70(74)85(82)68-44-21-24-47-73(68)89(76)60-36-15-5-16-37-60)86-69-45-22-26-49-80(69)93-81-53-63(88(58-32-11-3-12-33-58)59-34-13-4-14-35-59)52-78(83(81)86)91(75)72-46-23-19-40-64(72)66-42-27-43-67-65-41-20-25-48-79(65)92-84(66)67/h1-55H. The molecule has 93 heavy (non-hydrogen) atoms. The van der Waals surface area contributed by atoms with Crippen molar-refractivity contribution < 1.29 is 4.42 Å². The molecule has 0 aliphatic carbocycles. The largest absolute Gasteiger partial charge is 0.455 e. The summed E-state index contributed by atoms with van der Waals surface area (Å²) in [6, 6.07) is 123. The molecule has 0 saturated carbocycles. The molecule has 5 heterocycles. The van der Waals surface area contributed by atoms with Crippen LogP contribution >= 0.6 is 11.8 Å². The van der Waals surface area contributed by atoms with Gasteiger partial charge < -0.3 is 28.9 Å². The topological polar surface area (TPSA) is 29.3 Å². The summed E-state index contributed by atoms with van der Waals surface area (Å²) >= 11 is 1.88. The Labute approximate surface area is 545 Å². The van der Waals surface area contributed by atoms with Gasteiger partial charge in [0.1, 0.15) is 11.2 Å². The zero-order chi connectivity index (χ0) is 61.1. The van der Waals surface area contributed by atoms with E-state index in [9.17, 15) is 0 Å². The van der Waals surface area contributed by atoms with Gasteiger partial charge >= 0.3 is 0 Å². The van der Waals surface area contributed by atoms with Gasteiger partial charge in [0.2, 0.25) is 6.71 Å². The maximum atomic E-state index is 6.98. The van der Waals surface area contributed by atoms with Crippen LogP contribution < -0.4 is 57.3 Å². The van der Waals surface area contributed by atoms with E-state index in [1.165, 1.54) is 42.6 Å². The van der Waals surface area contributed by atoms with E-state index >= 15 is 0 Å². The van der Waals surface area contributed by atoms with Crippen molar-refractivity contribution in [2.75, 3.05) is 24.5 Å². The summed E-state index contributed by atoms with van der Waals surface area (Å²) in [5, 5.41) is 2.19. The van der Waals surface area contributed by atoms with Gasteiger partial charge in [0.05, 0.1) is 11.4 Å². The molecule has 434 valence electrons. The highest BCUT2D eigenvalue weighted by Crippen LogP contribution is 2.53. The van der Waals surface area contributed by atoms with E-state index in [0.717, 1.165) is 118 Å². The summed E-state index contributed by atoms with van der Waals surface area (Å²) in [5.74, 6) is 0. The highest BCUT2D eigenvalue weighted by atomic mass is 32.2. The lowest BCUT2D eigenvalue weighted by molar-refractivity contribution is 0.670. The van der Waals surface area contributed by atoms with Gasteiger partial charge in [-0.3, -0.25) is 0 Å². The average molecular weight is 1200 g/mol. The molecular weight excluding hydrogens is 1150 g/mol. The van der Waals surface area contributed by atoms with Crippen molar-refractivity contribution in [2.45, 2.75) is 9.79 Å².